The van der Waals surface area contributed by atoms with E-state index in [0.717, 1.165) is 6.42 Å². The Morgan fingerprint density at radius 3 is 2.32 bits per heavy atom. The number of allylic oxidation sites excluding steroid dienone is 2. The summed E-state index contributed by atoms with van der Waals surface area (Å²) in [6.07, 6.45) is 4.92. The molecule has 0 aromatic heterocycles. The van der Waals surface area contributed by atoms with E-state index in [9.17, 15) is 19.2 Å². The second kappa shape index (κ2) is 8.78. The van der Waals surface area contributed by atoms with Gasteiger partial charge in [-0.15, -0.1) is 0 Å². The third-order valence-corrected chi connectivity index (χ3v) is 6.59. The topological polar surface area (TPSA) is 102 Å². The Morgan fingerprint density at radius 2 is 1.68 bits per heavy atom. The molecular weight excluding hydrogens is 436 g/mol. The number of fused-ring (bicyclic) bond motifs is 5. The number of anilines is 2. The maximum atomic E-state index is 13.0. The van der Waals surface area contributed by atoms with E-state index in [-0.39, 0.29) is 41.0 Å². The lowest BCUT2D eigenvalue weighted by Gasteiger charge is -2.18. The van der Waals surface area contributed by atoms with E-state index in [1.165, 1.54) is 17.0 Å². The molecule has 1 N–H and O–H groups in total. The second-order valence-corrected chi connectivity index (χ2v) is 8.64. The predicted molar refractivity (Wildman–Crippen MR) is 123 cm³/mol. The lowest BCUT2D eigenvalue weighted by atomic mass is 9.85. The van der Waals surface area contributed by atoms with E-state index in [4.69, 9.17) is 9.47 Å². The molecule has 1 saturated heterocycles. The van der Waals surface area contributed by atoms with Crippen molar-refractivity contribution in [2.24, 2.45) is 23.7 Å². The van der Waals surface area contributed by atoms with Crippen molar-refractivity contribution < 1.29 is 28.7 Å². The Morgan fingerprint density at radius 1 is 1.00 bits per heavy atom. The third kappa shape index (κ3) is 3.85. The first kappa shape index (κ1) is 21.9. The summed E-state index contributed by atoms with van der Waals surface area (Å²) in [4.78, 5) is 51.9. The van der Waals surface area contributed by atoms with Crippen molar-refractivity contribution in [1.82, 2.24) is 0 Å². The maximum Gasteiger partial charge on any atom is 0.338 e. The molecule has 1 saturated carbocycles. The van der Waals surface area contributed by atoms with E-state index < -0.39 is 18.5 Å². The van der Waals surface area contributed by atoms with Crippen molar-refractivity contribution in [3.8, 4) is 5.75 Å². The van der Waals surface area contributed by atoms with Gasteiger partial charge in [-0.2, -0.15) is 0 Å². The highest BCUT2D eigenvalue weighted by Crippen LogP contribution is 2.53. The molecule has 1 heterocycles. The first-order valence-corrected chi connectivity index (χ1v) is 11.3. The molecule has 34 heavy (non-hydrogen) atoms. The molecule has 8 heteroatoms. The highest BCUT2D eigenvalue weighted by molar-refractivity contribution is 6.23. The van der Waals surface area contributed by atoms with Crippen LogP contribution < -0.4 is 15.0 Å². The Labute approximate surface area is 196 Å². The van der Waals surface area contributed by atoms with E-state index in [2.05, 4.69) is 5.32 Å². The number of ether oxygens (including phenoxy) is 2. The van der Waals surface area contributed by atoms with Crippen molar-refractivity contribution in [3.05, 3.63) is 66.2 Å². The van der Waals surface area contributed by atoms with Crippen molar-refractivity contribution in [1.29, 1.82) is 0 Å². The SMILES string of the molecule is CCOc1ccc(NC(=O)COC(=O)c2cccc(N3C(=O)[C@@H]4[C@H](C3=O)[C@H]3C=C[C@H]4C3)c2)cc1. The number of rotatable bonds is 7. The summed E-state index contributed by atoms with van der Waals surface area (Å²) in [5.74, 6) is -1.36. The van der Waals surface area contributed by atoms with Crippen LogP contribution in [-0.4, -0.2) is 36.9 Å². The van der Waals surface area contributed by atoms with Gasteiger partial charge in [0.25, 0.3) is 5.91 Å². The van der Waals surface area contributed by atoms with Gasteiger partial charge in [0.2, 0.25) is 11.8 Å². The number of nitrogens with zero attached hydrogens (tertiary/aromatic N) is 1. The smallest absolute Gasteiger partial charge is 0.338 e. The van der Waals surface area contributed by atoms with Crippen LogP contribution in [0.4, 0.5) is 11.4 Å². The minimum Gasteiger partial charge on any atom is -0.494 e. The number of carbonyl (C=O) groups excluding carboxylic acids is 4. The molecule has 8 nitrogen and oxygen atoms in total. The van der Waals surface area contributed by atoms with Crippen LogP contribution in [0, 0.1) is 23.7 Å². The van der Waals surface area contributed by atoms with Gasteiger partial charge in [0, 0.05) is 5.69 Å². The van der Waals surface area contributed by atoms with Gasteiger partial charge in [0.15, 0.2) is 6.61 Å². The minimum atomic E-state index is -0.718. The molecule has 3 amide bonds. The summed E-state index contributed by atoms with van der Waals surface area (Å²) in [5.41, 5.74) is 1.05. The molecule has 4 atom stereocenters. The molecule has 2 aromatic carbocycles. The van der Waals surface area contributed by atoms with Gasteiger partial charge >= 0.3 is 5.97 Å². The third-order valence-electron chi connectivity index (χ3n) is 6.59. The molecular formula is C26H24N2O6. The van der Waals surface area contributed by atoms with E-state index in [1.807, 2.05) is 19.1 Å². The summed E-state index contributed by atoms with van der Waals surface area (Å²) in [5, 5.41) is 2.65. The molecule has 1 aliphatic heterocycles. The molecule has 3 aliphatic rings. The Bertz CT molecular complexity index is 1160. The van der Waals surface area contributed by atoms with Crippen LogP contribution >= 0.6 is 0 Å². The van der Waals surface area contributed by atoms with Gasteiger partial charge in [0.05, 0.1) is 29.7 Å². The number of hydrogen-bond acceptors (Lipinski definition) is 6. The zero-order valence-electron chi connectivity index (χ0n) is 18.6. The lowest BCUT2D eigenvalue weighted by molar-refractivity contribution is -0.123. The zero-order chi connectivity index (χ0) is 23.8. The van der Waals surface area contributed by atoms with Crippen LogP contribution in [0.5, 0.6) is 5.75 Å². The summed E-state index contributed by atoms with van der Waals surface area (Å²) >= 11 is 0. The number of esters is 1. The number of hydrogen-bond donors (Lipinski definition) is 1. The first-order chi connectivity index (χ1) is 16.5. The molecule has 5 rings (SSSR count). The quantitative estimate of drug-likeness (QED) is 0.387. The van der Waals surface area contributed by atoms with Crippen molar-refractivity contribution >= 4 is 35.1 Å². The fraction of sp³-hybridized carbons (Fsp3) is 0.308. The fourth-order valence-corrected chi connectivity index (χ4v) is 5.14. The minimum absolute atomic E-state index is 0.110. The predicted octanol–water partition coefficient (Wildman–Crippen LogP) is 3.19. The summed E-state index contributed by atoms with van der Waals surface area (Å²) < 4.78 is 10.5. The molecule has 0 spiro atoms. The van der Waals surface area contributed by atoms with Crippen LogP contribution in [0.1, 0.15) is 23.7 Å². The van der Waals surface area contributed by atoms with E-state index >= 15 is 0 Å². The molecule has 2 fully saturated rings. The van der Waals surface area contributed by atoms with Gasteiger partial charge in [0.1, 0.15) is 5.75 Å². The highest BCUT2D eigenvalue weighted by atomic mass is 16.5. The standard InChI is InChI=1S/C26H24N2O6/c1-2-33-20-10-8-18(9-11-20)27-21(29)14-34-26(32)17-4-3-5-19(13-17)28-24(30)22-15-6-7-16(12-15)23(22)25(28)31/h3-11,13,15-16,22-23H,2,12,14H2,1H3,(H,27,29)/t15-,16-,22-,23+/m0/s1. The number of imide groups is 1. The summed E-state index contributed by atoms with van der Waals surface area (Å²) in [6.45, 7) is 1.95. The number of nitrogens with one attached hydrogen (secondary N) is 1. The van der Waals surface area contributed by atoms with E-state index in [0.29, 0.717) is 23.7 Å². The lowest BCUT2D eigenvalue weighted by Crippen LogP contribution is -2.33. The normalized spacial score (nSPS) is 24.3. The maximum absolute atomic E-state index is 13.0. The summed E-state index contributed by atoms with van der Waals surface area (Å²) in [7, 11) is 0. The molecule has 174 valence electrons. The summed E-state index contributed by atoms with van der Waals surface area (Å²) in [6, 6.07) is 13.0. The second-order valence-electron chi connectivity index (χ2n) is 8.64. The fourth-order valence-electron chi connectivity index (χ4n) is 5.14. The number of carbonyl (C=O) groups is 4. The average Bonchev–Trinajstić information content (AvgIpc) is 3.52. The van der Waals surface area contributed by atoms with Crippen LogP contribution in [0.2, 0.25) is 0 Å². The van der Waals surface area contributed by atoms with Crippen molar-refractivity contribution in [2.75, 3.05) is 23.4 Å². The molecule has 2 bridgehead atoms. The van der Waals surface area contributed by atoms with Crippen molar-refractivity contribution in [3.63, 3.8) is 0 Å². The largest absolute Gasteiger partial charge is 0.494 e. The Balaban J connectivity index is 1.21. The van der Waals surface area contributed by atoms with Gasteiger partial charge in [-0.05, 0) is 67.6 Å². The van der Waals surface area contributed by atoms with Gasteiger partial charge in [-0.1, -0.05) is 18.2 Å². The number of amides is 3. The van der Waals surface area contributed by atoms with Gasteiger partial charge in [-0.3, -0.25) is 14.4 Å². The highest BCUT2D eigenvalue weighted by Gasteiger charge is 2.59. The van der Waals surface area contributed by atoms with Gasteiger partial charge in [-0.25, -0.2) is 9.69 Å². The van der Waals surface area contributed by atoms with Crippen LogP contribution in [-0.2, 0) is 19.1 Å². The van der Waals surface area contributed by atoms with Crippen molar-refractivity contribution in [2.45, 2.75) is 13.3 Å². The molecule has 2 aromatic rings. The van der Waals surface area contributed by atoms with E-state index in [1.54, 1.807) is 36.4 Å². The zero-order valence-corrected chi connectivity index (χ0v) is 18.6. The Hall–Kier alpha value is -3.94. The van der Waals surface area contributed by atoms with Crippen LogP contribution in [0.3, 0.4) is 0 Å². The molecule has 0 unspecified atom stereocenters. The van der Waals surface area contributed by atoms with Crippen LogP contribution in [0.25, 0.3) is 0 Å². The average molecular weight is 460 g/mol. The first-order valence-electron chi connectivity index (χ1n) is 11.3. The van der Waals surface area contributed by atoms with Crippen LogP contribution in [0.15, 0.2) is 60.7 Å². The number of benzene rings is 2. The Kier molecular flexibility index (Phi) is 5.65. The monoisotopic (exact) mass is 460 g/mol. The molecule has 2 aliphatic carbocycles. The van der Waals surface area contributed by atoms with Gasteiger partial charge < -0.3 is 14.8 Å². The molecule has 0 radical (unpaired) electrons.